The average Bonchev–Trinajstić information content (AvgIpc) is 2.76. The minimum Gasteiger partial charge on any atom is -0.444 e. The zero-order valence-electron chi connectivity index (χ0n) is 11.0. The van der Waals surface area contributed by atoms with Gasteiger partial charge in [0.05, 0.1) is 12.2 Å². The van der Waals surface area contributed by atoms with Crippen molar-refractivity contribution in [1.29, 1.82) is 0 Å². The van der Waals surface area contributed by atoms with Gasteiger partial charge in [0.15, 0.2) is 0 Å². The SMILES string of the molecule is Cc1nc(CNS(=O)(=O)c2ccc(NN)nc2)oc1C. The maximum Gasteiger partial charge on any atom is 0.242 e. The normalized spacial score (nSPS) is 11.6. The van der Waals surface area contributed by atoms with Crippen LogP contribution in [0, 0.1) is 13.8 Å². The first kappa shape index (κ1) is 14.4. The van der Waals surface area contributed by atoms with Crippen LogP contribution in [0.5, 0.6) is 0 Å². The molecule has 2 rings (SSSR count). The van der Waals surface area contributed by atoms with Crippen LogP contribution in [0.3, 0.4) is 0 Å². The van der Waals surface area contributed by atoms with Gasteiger partial charge < -0.3 is 9.84 Å². The third-order valence-corrected chi connectivity index (χ3v) is 4.07. The number of pyridine rings is 1. The molecule has 0 spiro atoms. The number of sulfonamides is 1. The number of nitrogens with one attached hydrogen (secondary N) is 2. The molecule has 0 unspecified atom stereocenters. The summed E-state index contributed by atoms with van der Waals surface area (Å²) in [5, 5.41) is 0. The Morgan fingerprint density at radius 2 is 2.10 bits per heavy atom. The number of hydrazine groups is 1. The summed E-state index contributed by atoms with van der Waals surface area (Å²) in [6, 6.07) is 2.87. The fourth-order valence-electron chi connectivity index (χ4n) is 1.48. The number of hydrogen-bond donors (Lipinski definition) is 3. The topological polar surface area (TPSA) is 123 Å². The van der Waals surface area contributed by atoms with Gasteiger partial charge in [-0.05, 0) is 26.0 Å². The molecule has 2 aromatic rings. The molecule has 0 aliphatic carbocycles. The lowest BCUT2D eigenvalue weighted by molar-refractivity contribution is 0.463. The number of aryl methyl sites for hydroxylation is 2. The van der Waals surface area contributed by atoms with E-state index >= 15 is 0 Å². The van der Waals surface area contributed by atoms with Gasteiger partial charge in [-0.2, -0.15) is 0 Å². The molecule has 2 heterocycles. The van der Waals surface area contributed by atoms with E-state index in [9.17, 15) is 8.42 Å². The zero-order chi connectivity index (χ0) is 14.8. The second kappa shape index (κ2) is 5.57. The van der Waals surface area contributed by atoms with E-state index in [0.29, 0.717) is 17.5 Å². The summed E-state index contributed by atoms with van der Waals surface area (Å²) < 4.78 is 31.7. The Kier molecular flexibility index (Phi) is 4.02. The van der Waals surface area contributed by atoms with Gasteiger partial charge in [0.25, 0.3) is 0 Å². The molecule has 2 aromatic heterocycles. The number of hydrogen-bond acceptors (Lipinski definition) is 7. The smallest absolute Gasteiger partial charge is 0.242 e. The monoisotopic (exact) mass is 297 g/mol. The van der Waals surface area contributed by atoms with Crippen LogP contribution < -0.4 is 16.0 Å². The van der Waals surface area contributed by atoms with Crippen molar-refractivity contribution >= 4 is 15.8 Å². The highest BCUT2D eigenvalue weighted by Crippen LogP contribution is 2.12. The van der Waals surface area contributed by atoms with Gasteiger partial charge in [0.1, 0.15) is 16.5 Å². The number of nitrogens with zero attached hydrogens (tertiary/aromatic N) is 2. The molecule has 0 radical (unpaired) electrons. The van der Waals surface area contributed by atoms with E-state index in [1.54, 1.807) is 13.8 Å². The summed E-state index contributed by atoms with van der Waals surface area (Å²) >= 11 is 0. The molecule has 0 aliphatic rings. The van der Waals surface area contributed by atoms with Crippen molar-refractivity contribution in [1.82, 2.24) is 14.7 Å². The second-order valence-corrected chi connectivity index (χ2v) is 5.86. The Labute approximate surface area is 116 Å². The first-order chi connectivity index (χ1) is 9.42. The number of nitrogen functional groups attached to an aromatic ring is 1. The number of rotatable bonds is 5. The Balaban J connectivity index is 2.10. The van der Waals surface area contributed by atoms with Crippen molar-refractivity contribution in [3.05, 3.63) is 35.7 Å². The summed E-state index contributed by atoms with van der Waals surface area (Å²) in [7, 11) is -3.67. The van der Waals surface area contributed by atoms with Crippen LogP contribution in [-0.2, 0) is 16.6 Å². The van der Waals surface area contributed by atoms with Crippen LogP contribution >= 0.6 is 0 Å². The van der Waals surface area contributed by atoms with Crippen LogP contribution in [0.1, 0.15) is 17.3 Å². The first-order valence-electron chi connectivity index (χ1n) is 5.77. The van der Waals surface area contributed by atoms with E-state index in [4.69, 9.17) is 10.3 Å². The Morgan fingerprint density at radius 3 is 2.60 bits per heavy atom. The molecular formula is C11H15N5O3S. The van der Waals surface area contributed by atoms with E-state index in [1.165, 1.54) is 18.3 Å². The Morgan fingerprint density at radius 1 is 1.35 bits per heavy atom. The van der Waals surface area contributed by atoms with Crippen molar-refractivity contribution in [3.8, 4) is 0 Å². The van der Waals surface area contributed by atoms with Gasteiger partial charge in [-0.15, -0.1) is 0 Å². The minimum atomic E-state index is -3.67. The van der Waals surface area contributed by atoms with Crippen LogP contribution in [0.15, 0.2) is 27.6 Å². The van der Waals surface area contributed by atoms with Crippen molar-refractivity contribution in [2.45, 2.75) is 25.3 Å². The maximum absolute atomic E-state index is 12.0. The summed E-state index contributed by atoms with van der Waals surface area (Å²) in [4.78, 5) is 7.98. The molecule has 4 N–H and O–H groups in total. The molecule has 0 aliphatic heterocycles. The standard InChI is InChI=1S/C11H15N5O3S/c1-7-8(2)19-11(15-7)6-14-20(17,18)9-3-4-10(16-12)13-5-9/h3-5,14H,6,12H2,1-2H3,(H,13,16). The lowest BCUT2D eigenvalue weighted by atomic mass is 10.4. The maximum atomic E-state index is 12.0. The molecule has 0 amide bonds. The predicted molar refractivity (Wildman–Crippen MR) is 72.0 cm³/mol. The molecule has 0 fully saturated rings. The van der Waals surface area contributed by atoms with Crippen LogP contribution in [0.2, 0.25) is 0 Å². The third kappa shape index (κ3) is 3.13. The van der Waals surface area contributed by atoms with Gasteiger partial charge in [-0.3, -0.25) is 0 Å². The van der Waals surface area contributed by atoms with E-state index in [2.05, 4.69) is 20.1 Å². The summed E-state index contributed by atoms with van der Waals surface area (Å²) in [5.41, 5.74) is 3.06. The van der Waals surface area contributed by atoms with E-state index in [0.717, 1.165) is 5.69 Å². The average molecular weight is 297 g/mol. The van der Waals surface area contributed by atoms with Crippen molar-refractivity contribution in [2.75, 3.05) is 5.43 Å². The van der Waals surface area contributed by atoms with E-state index in [1.807, 2.05) is 0 Å². The van der Waals surface area contributed by atoms with Crippen molar-refractivity contribution < 1.29 is 12.8 Å². The highest BCUT2D eigenvalue weighted by Gasteiger charge is 2.16. The van der Waals surface area contributed by atoms with E-state index < -0.39 is 10.0 Å². The molecule has 0 aromatic carbocycles. The third-order valence-electron chi connectivity index (χ3n) is 2.68. The van der Waals surface area contributed by atoms with Gasteiger partial charge in [-0.25, -0.2) is 29.0 Å². The lowest BCUT2D eigenvalue weighted by Crippen LogP contribution is -2.23. The van der Waals surface area contributed by atoms with Gasteiger partial charge in [-0.1, -0.05) is 0 Å². The second-order valence-electron chi connectivity index (χ2n) is 4.10. The number of anilines is 1. The summed E-state index contributed by atoms with van der Waals surface area (Å²) in [6.07, 6.45) is 1.21. The molecule has 8 nitrogen and oxygen atoms in total. The van der Waals surface area contributed by atoms with Crippen LogP contribution in [-0.4, -0.2) is 18.4 Å². The molecule has 108 valence electrons. The number of oxazole rings is 1. The molecule has 0 saturated heterocycles. The molecule has 0 atom stereocenters. The van der Waals surface area contributed by atoms with E-state index in [-0.39, 0.29) is 11.4 Å². The van der Waals surface area contributed by atoms with Crippen molar-refractivity contribution in [2.24, 2.45) is 5.84 Å². The molecule has 0 saturated carbocycles. The molecule has 9 heteroatoms. The largest absolute Gasteiger partial charge is 0.444 e. The van der Waals surface area contributed by atoms with Crippen LogP contribution in [0.25, 0.3) is 0 Å². The highest BCUT2D eigenvalue weighted by molar-refractivity contribution is 7.89. The highest BCUT2D eigenvalue weighted by atomic mass is 32.2. The van der Waals surface area contributed by atoms with Gasteiger partial charge in [0, 0.05) is 6.20 Å². The molecule has 0 bridgehead atoms. The predicted octanol–water partition coefficient (Wildman–Crippen LogP) is 0.451. The minimum absolute atomic E-state index is 0.0199. The quantitative estimate of drug-likeness (QED) is 0.540. The fraction of sp³-hybridized carbons (Fsp3) is 0.273. The zero-order valence-corrected chi connectivity index (χ0v) is 11.9. The van der Waals surface area contributed by atoms with Crippen LogP contribution in [0.4, 0.5) is 5.82 Å². The first-order valence-corrected chi connectivity index (χ1v) is 7.26. The summed E-state index contributed by atoms with van der Waals surface area (Å²) in [5.74, 6) is 6.52. The lowest BCUT2D eigenvalue weighted by Gasteiger charge is -2.05. The van der Waals surface area contributed by atoms with Gasteiger partial charge >= 0.3 is 0 Å². The molecule has 20 heavy (non-hydrogen) atoms. The number of nitrogens with two attached hydrogens (primary N) is 1. The summed E-state index contributed by atoms with van der Waals surface area (Å²) in [6.45, 7) is 3.54. The fourth-order valence-corrected chi connectivity index (χ4v) is 2.40. The van der Waals surface area contributed by atoms with Crippen molar-refractivity contribution in [3.63, 3.8) is 0 Å². The number of aromatic nitrogens is 2. The van der Waals surface area contributed by atoms with Gasteiger partial charge in [0.2, 0.25) is 15.9 Å². The molecular weight excluding hydrogens is 282 g/mol. The Bertz CT molecular complexity index is 674. The Hall–Kier alpha value is -1.97.